The minimum absolute atomic E-state index is 0.0848. The number of amides is 1. The molecule has 0 spiro atoms. The van der Waals surface area contributed by atoms with Gasteiger partial charge < -0.3 is 10.4 Å². The van der Waals surface area contributed by atoms with Gasteiger partial charge >= 0.3 is 5.97 Å². The maximum atomic E-state index is 10.9. The lowest BCUT2D eigenvalue weighted by Gasteiger charge is -2.02. The molecule has 0 rings (SSSR count). The first-order chi connectivity index (χ1) is 7.57. The number of carbonyl (C=O) groups is 2. The Morgan fingerprint density at radius 3 is 2.50 bits per heavy atom. The molecule has 0 aliphatic carbocycles. The molecule has 0 aliphatic rings. The predicted octanol–water partition coefficient (Wildman–Crippen LogP) is 2.10. The zero-order valence-corrected chi connectivity index (χ0v) is 10.1. The van der Waals surface area contributed by atoms with Crippen molar-refractivity contribution in [2.75, 3.05) is 6.54 Å². The first kappa shape index (κ1) is 14.7. The number of aliphatic carboxylic acids is 1. The fourth-order valence-electron chi connectivity index (χ4n) is 1.20. The summed E-state index contributed by atoms with van der Waals surface area (Å²) in [6.45, 7) is 4.15. The van der Waals surface area contributed by atoms with Crippen LogP contribution in [0.5, 0.6) is 0 Å². The van der Waals surface area contributed by atoms with E-state index in [2.05, 4.69) is 5.32 Å². The molecule has 0 aliphatic heterocycles. The van der Waals surface area contributed by atoms with E-state index in [1.165, 1.54) is 0 Å². The van der Waals surface area contributed by atoms with E-state index in [4.69, 9.17) is 5.11 Å². The molecule has 2 N–H and O–H groups in total. The lowest BCUT2D eigenvalue weighted by molar-refractivity contribution is -0.132. The van der Waals surface area contributed by atoms with Crippen LogP contribution in [0.4, 0.5) is 0 Å². The van der Waals surface area contributed by atoms with E-state index in [0.717, 1.165) is 25.7 Å². The van der Waals surface area contributed by atoms with Crippen molar-refractivity contribution in [3.05, 3.63) is 11.6 Å². The van der Waals surface area contributed by atoms with Gasteiger partial charge in [-0.15, -0.1) is 0 Å². The second kappa shape index (κ2) is 8.95. The van der Waals surface area contributed by atoms with E-state index in [1.807, 2.05) is 6.92 Å². The summed E-state index contributed by atoms with van der Waals surface area (Å²) in [6, 6.07) is 0. The summed E-state index contributed by atoms with van der Waals surface area (Å²) < 4.78 is 0. The third kappa shape index (κ3) is 8.03. The van der Waals surface area contributed by atoms with Crippen molar-refractivity contribution in [3.63, 3.8) is 0 Å². The zero-order chi connectivity index (χ0) is 12.4. The van der Waals surface area contributed by atoms with Crippen LogP contribution in [0.15, 0.2) is 11.6 Å². The Balaban J connectivity index is 3.38. The van der Waals surface area contributed by atoms with Crippen molar-refractivity contribution in [2.24, 2.45) is 0 Å². The molecule has 0 aromatic carbocycles. The van der Waals surface area contributed by atoms with Crippen molar-refractivity contribution in [1.29, 1.82) is 0 Å². The number of hydrogen-bond donors (Lipinski definition) is 2. The second-order valence-electron chi connectivity index (χ2n) is 3.75. The number of nitrogens with one attached hydrogen (secondary N) is 1. The maximum Gasteiger partial charge on any atom is 0.330 e. The smallest absolute Gasteiger partial charge is 0.330 e. The molecule has 1 amide bonds. The topological polar surface area (TPSA) is 66.4 Å². The number of carbonyl (C=O) groups excluding carboxylic acids is 1. The lowest BCUT2D eigenvalue weighted by Crippen LogP contribution is -2.23. The summed E-state index contributed by atoms with van der Waals surface area (Å²) in [7, 11) is 0. The number of unbranched alkanes of at least 4 members (excludes halogenated alkanes) is 3. The average Bonchev–Trinajstić information content (AvgIpc) is 2.26. The van der Waals surface area contributed by atoms with Crippen LogP contribution in [0, 0.1) is 0 Å². The molecule has 0 aromatic rings. The predicted molar refractivity (Wildman–Crippen MR) is 63.2 cm³/mol. The summed E-state index contributed by atoms with van der Waals surface area (Å²) in [5, 5.41) is 11.4. The Labute approximate surface area is 96.7 Å². The largest absolute Gasteiger partial charge is 0.478 e. The summed E-state index contributed by atoms with van der Waals surface area (Å²) in [5.41, 5.74) is 0.402. The molecule has 16 heavy (non-hydrogen) atoms. The van der Waals surface area contributed by atoms with E-state index in [9.17, 15) is 9.59 Å². The SMILES string of the molecule is CCC(=O)NCCCCCC=C(C)C(=O)O. The summed E-state index contributed by atoms with van der Waals surface area (Å²) in [4.78, 5) is 21.3. The zero-order valence-electron chi connectivity index (χ0n) is 10.1. The number of rotatable bonds is 8. The Hall–Kier alpha value is -1.32. The number of allylic oxidation sites excluding steroid dienone is 1. The molecule has 0 unspecified atom stereocenters. The van der Waals surface area contributed by atoms with Crippen LogP contribution >= 0.6 is 0 Å². The van der Waals surface area contributed by atoms with Crippen molar-refractivity contribution < 1.29 is 14.7 Å². The standard InChI is InChI=1S/C12H21NO3/c1-3-11(14)13-9-7-5-4-6-8-10(2)12(15)16/h8H,3-7,9H2,1-2H3,(H,13,14)(H,15,16). The summed E-state index contributed by atoms with van der Waals surface area (Å²) >= 11 is 0. The average molecular weight is 227 g/mol. The molecule has 0 atom stereocenters. The molecule has 0 aromatic heterocycles. The van der Waals surface area contributed by atoms with E-state index in [-0.39, 0.29) is 5.91 Å². The minimum Gasteiger partial charge on any atom is -0.478 e. The van der Waals surface area contributed by atoms with Gasteiger partial charge in [0.1, 0.15) is 0 Å². The minimum atomic E-state index is -0.852. The quantitative estimate of drug-likeness (QED) is 0.493. The van der Waals surface area contributed by atoms with Crippen molar-refractivity contribution >= 4 is 11.9 Å². The van der Waals surface area contributed by atoms with Gasteiger partial charge in [-0.05, 0) is 26.2 Å². The van der Waals surface area contributed by atoms with Gasteiger partial charge in [0.25, 0.3) is 0 Å². The highest BCUT2D eigenvalue weighted by Crippen LogP contribution is 2.03. The van der Waals surface area contributed by atoms with Crippen LogP contribution in [0.25, 0.3) is 0 Å². The van der Waals surface area contributed by atoms with E-state index in [0.29, 0.717) is 18.5 Å². The van der Waals surface area contributed by atoms with Gasteiger partial charge in [-0.3, -0.25) is 4.79 Å². The molecule has 0 radical (unpaired) electrons. The van der Waals surface area contributed by atoms with Gasteiger partial charge in [0.2, 0.25) is 5.91 Å². The molecule has 0 bridgehead atoms. The summed E-state index contributed by atoms with van der Waals surface area (Å²) in [5.74, 6) is -0.767. The molecule has 0 saturated heterocycles. The lowest BCUT2D eigenvalue weighted by atomic mass is 10.1. The first-order valence-corrected chi connectivity index (χ1v) is 5.74. The second-order valence-corrected chi connectivity index (χ2v) is 3.75. The highest BCUT2D eigenvalue weighted by molar-refractivity contribution is 5.85. The van der Waals surface area contributed by atoms with Crippen LogP contribution in [0.1, 0.15) is 46.0 Å². The van der Waals surface area contributed by atoms with Gasteiger partial charge in [0.15, 0.2) is 0 Å². The maximum absolute atomic E-state index is 10.9. The van der Waals surface area contributed by atoms with Crippen LogP contribution in [-0.2, 0) is 9.59 Å². The third-order valence-corrected chi connectivity index (χ3v) is 2.31. The molecule has 0 heterocycles. The Morgan fingerprint density at radius 1 is 1.25 bits per heavy atom. The Kier molecular flexibility index (Phi) is 8.21. The fourth-order valence-corrected chi connectivity index (χ4v) is 1.20. The number of carboxylic acids is 1. The molecule has 0 saturated carbocycles. The van der Waals surface area contributed by atoms with Crippen molar-refractivity contribution in [2.45, 2.75) is 46.0 Å². The normalized spacial score (nSPS) is 11.2. The molecule has 4 nitrogen and oxygen atoms in total. The van der Waals surface area contributed by atoms with Crippen molar-refractivity contribution in [3.8, 4) is 0 Å². The third-order valence-electron chi connectivity index (χ3n) is 2.31. The van der Waals surface area contributed by atoms with E-state index >= 15 is 0 Å². The highest BCUT2D eigenvalue weighted by Gasteiger charge is 1.98. The number of hydrogen-bond acceptors (Lipinski definition) is 2. The monoisotopic (exact) mass is 227 g/mol. The molecule has 92 valence electrons. The molecule has 0 fully saturated rings. The van der Waals surface area contributed by atoms with Gasteiger partial charge in [-0.1, -0.05) is 19.4 Å². The van der Waals surface area contributed by atoms with E-state index in [1.54, 1.807) is 13.0 Å². The molecule has 4 heteroatoms. The van der Waals surface area contributed by atoms with Crippen LogP contribution in [0.3, 0.4) is 0 Å². The Morgan fingerprint density at radius 2 is 1.94 bits per heavy atom. The van der Waals surface area contributed by atoms with E-state index < -0.39 is 5.97 Å². The van der Waals surface area contributed by atoms with Gasteiger partial charge in [-0.2, -0.15) is 0 Å². The van der Waals surface area contributed by atoms with Crippen molar-refractivity contribution in [1.82, 2.24) is 5.32 Å². The highest BCUT2D eigenvalue weighted by atomic mass is 16.4. The Bertz CT molecular complexity index is 259. The molecular formula is C12H21NO3. The molecular weight excluding hydrogens is 206 g/mol. The summed E-state index contributed by atoms with van der Waals surface area (Å²) in [6.07, 6.45) is 5.99. The van der Waals surface area contributed by atoms with Crippen LogP contribution in [-0.4, -0.2) is 23.5 Å². The van der Waals surface area contributed by atoms with Gasteiger partial charge in [0.05, 0.1) is 0 Å². The first-order valence-electron chi connectivity index (χ1n) is 5.74. The fraction of sp³-hybridized carbons (Fsp3) is 0.667. The van der Waals surface area contributed by atoms with Gasteiger partial charge in [0, 0.05) is 18.5 Å². The van der Waals surface area contributed by atoms with Crippen LogP contribution < -0.4 is 5.32 Å². The van der Waals surface area contributed by atoms with Gasteiger partial charge in [-0.25, -0.2) is 4.79 Å². The number of carboxylic acid groups (broad SMARTS) is 1. The van der Waals surface area contributed by atoms with Crippen LogP contribution in [0.2, 0.25) is 0 Å².